The van der Waals surface area contributed by atoms with Crippen LogP contribution in [0.3, 0.4) is 0 Å². The zero-order valence-electron chi connectivity index (χ0n) is 22.0. The second-order valence-electron chi connectivity index (χ2n) is 9.79. The molecule has 2 N–H and O–H groups in total. The van der Waals surface area contributed by atoms with Gasteiger partial charge in [0.25, 0.3) is 0 Å². The van der Waals surface area contributed by atoms with Crippen LogP contribution in [0, 0.1) is 6.92 Å². The molecular weight excluding hydrogens is 486 g/mol. The van der Waals surface area contributed by atoms with Crippen LogP contribution in [-0.2, 0) is 23.8 Å². The summed E-state index contributed by atoms with van der Waals surface area (Å²) in [6, 6.07) is 3.20. The van der Waals surface area contributed by atoms with Crippen molar-refractivity contribution in [2.45, 2.75) is 83.5 Å². The number of ether oxygens (including phenoxy) is 5. The fraction of sp³-hybridized carbons (Fsp3) is 0.615. The average molecular weight is 522 g/mol. The quantitative estimate of drug-likeness (QED) is 0.318. The van der Waals surface area contributed by atoms with Gasteiger partial charge in [-0.1, -0.05) is 5.16 Å². The van der Waals surface area contributed by atoms with Crippen LogP contribution in [0.15, 0.2) is 26.5 Å². The van der Waals surface area contributed by atoms with Gasteiger partial charge in [-0.15, -0.1) is 0 Å². The molecule has 4 rings (SSSR count). The number of hydrogen-bond donors (Lipinski definition) is 2. The molecular formula is C26H35NO10. The molecule has 5 atom stereocenters. The molecule has 1 unspecified atom stereocenters. The second-order valence-corrected chi connectivity index (χ2v) is 9.79. The van der Waals surface area contributed by atoms with E-state index in [9.17, 15) is 15.0 Å². The Morgan fingerprint density at radius 2 is 1.97 bits per heavy atom. The van der Waals surface area contributed by atoms with Crippen LogP contribution < -0.4 is 10.4 Å². The van der Waals surface area contributed by atoms with E-state index in [-0.39, 0.29) is 22.6 Å². The van der Waals surface area contributed by atoms with Gasteiger partial charge < -0.3 is 43.2 Å². The molecule has 2 aliphatic rings. The molecule has 0 bridgehead atoms. The highest BCUT2D eigenvalue weighted by Gasteiger charge is 2.52. The van der Waals surface area contributed by atoms with E-state index < -0.39 is 42.1 Å². The molecule has 0 saturated carbocycles. The van der Waals surface area contributed by atoms with Gasteiger partial charge in [-0.05, 0) is 59.1 Å². The summed E-state index contributed by atoms with van der Waals surface area (Å²) in [4.78, 5) is 17.4. The lowest BCUT2D eigenvalue weighted by molar-refractivity contribution is -0.339. The van der Waals surface area contributed by atoms with Crippen molar-refractivity contribution < 1.29 is 43.2 Å². The fourth-order valence-corrected chi connectivity index (χ4v) is 4.95. The van der Waals surface area contributed by atoms with Crippen LogP contribution in [0.2, 0.25) is 0 Å². The number of fused-ring (bicyclic) bond motifs is 1. The highest BCUT2D eigenvalue weighted by atomic mass is 16.7. The van der Waals surface area contributed by atoms with Gasteiger partial charge in [-0.25, -0.2) is 4.79 Å². The van der Waals surface area contributed by atoms with Gasteiger partial charge in [0.15, 0.2) is 12.4 Å². The van der Waals surface area contributed by atoms with Crippen molar-refractivity contribution in [1.82, 2.24) is 0 Å². The summed E-state index contributed by atoms with van der Waals surface area (Å²) >= 11 is 0. The summed E-state index contributed by atoms with van der Waals surface area (Å²) < 4.78 is 35.4. The molecule has 11 nitrogen and oxygen atoms in total. The molecule has 2 saturated heterocycles. The molecule has 1 aromatic carbocycles. The average Bonchev–Trinajstić information content (AvgIpc) is 2.84. The molecule has 2 aliphatic heterocycles. The van der Waals surface area contributed by atoms with Crippen molar-refractivity contribution >= 4 is 16.7 Å². The van der Waals surface area contributed by atoms with Crippen molar-refractivity contribution in [3.8, 4) is 11.5 Å². The Balaban J connectivity index is 1.70. The minimum Gasteiger partial charge on any atom is -0.506 e. The Morgan fingerprint density at radius 3 is 2.62 bits per heavy atom. The minimum absolute atomic E-state index is 0.0885. The third kappa shape index (κ3) is 5.32. The molecule has 2 fully saturated rings. The Kier molecular flexibility index (Phi) is 8.10. The number of hydrogen-bond acceptors (Lipinski definition) is 11. The molecule has 0 spiro atoms. The van der Waals surface area contributed by atoms with Crippen molar-refractivity contribution in [3.05, 3.63) is 33.7 Å². The number of benzene rings is 1. The number of aliphatic hydroxyl groups excluding tert-OH is 1. The molecule has 204 valence electrons. The number of methoxy groups -OCH3 is 1. The first-order valence-corrected chi connectivity index (χ1v) is 12.3. The van der Waals surface area contributed by atoms with Gasteiger partial charge in [0, 0.05) is 19.3 Å². The first-order chi connectivity index (χ1) is 17.6. The maximum atomic E-state index is 12.7. The molecule has 3 heterocycles. The van der Waals surface area contributed by atoms with Crippen molar-refractivity contribution in [2.75, 3.05) is 20.8 Å². The molecule has 2 aromatic rings. The monoisotopic (exact) mass is 521 g/mol. The third-order valence-electron chi connectivity index (χ3n) is 6.80. The van der Waals surface area contributed by atoms with E-state index in [0.29, 0.717) is 29.7 Å². The predicted molar refractivity (Wildman–Crippen MR) is 133 cm³/mol. The number of rotatable bonds is 7. The molecule has 1 aromatic heterocycles. The molecule has 37 heavy (non-hydrogen) atoms. The number of nitrogens with zero attached hydrogens (tertiary/aromatic N) is 1. The van der Waals surface area contributed by atoms with Crippen LogP contribution in [0.5, 0.6) is 11.5 Å². The van der Waals surface area contributed by atoms with E-state index in [4.69, 9.17) is 32.9 Å². The predicted octanol–water partition coefficient (Wildman–Crippen LogP) is 2.98. The Hall–Kier alpha value is -2.70. The normalized spacial score (nSPS) is 28.3. The van der Waals surface area contributed by atoms with Crippen LogP contribution in [0.4, 0.5) is 0 Å². The van der Waals surface area contributed by atoms with Gasteiger partial charge in [0.2, 0.25) is 6.29 Å². The maximum Gasteiger partial charge on any atom is 0.349 e. The summed E-state index contributed by atoms with van der Waals surface area (Å²) in [6.07, 6.45) is -1.64. The summed E-state index contributed by atoms with van der Waals surface area (Å²) in [7, 11) is 2.85. The Morgan fingerprint density at radius 1 is 1.22 bits per heavy atom. The van der Waals surface area contributed by atoms with Gasteiger partial charge in [0.1, 0.15) is 42.0 Å². The number of aliphatic hydroxyl groups is 1. The van der Waals surface area contributed by atoms with Crippen LogP contribution in [-0.4, -0.2) is 73.2 Å². The van der Waals surface area contributed by atoms with Crippen molar-refractivity contribution in [3.63, 3.8) is 0 Å². The minimum atomic E-state index is -1.07. The number of oxime groups is 1. The zero-order valence-corrected chi connectivity index (χ0v) is 22.0. The van der Waals surface area contributed by atoms with E-state index in [0.717, 1.165) is 12.8 Å². The lowest BCUT2D eigenvalue weighted by atomic mass is 9.89. The lowest BCUT2D eigenvalue weighted by Gasteiger charge is -2.48. The van der Waals surface area contributed by atoms with E-state index in [1.807, 2.05) is 0 Å². The van der Waals surface area contributed by atoms with E-state index in [1.165, 1.54) is 21.1 Å². The highest BCUT2D eigenvalue weighted by molar-refractivity contribution is 6.04. The first-order valence-electron chi connectivity index (χ1n) is 12.3. The standard InChI is InChI=1S/C26H35NO10/c1-13-16(11-10-15-19(28)18(14(2)27-32-6)24(30)36-21(13)15)34-25-22(35-17-9-7-8-12-33-17)20(29)23(31-5)26(3,4)37-25/h10-11,17,20,22-23,25,28-29H,7-9,12H2,1-6H3/t17?,20-,22-,23-,25-/m1/s1. The third-order valence-corrected chi connectivity index (χ3v) is 6.80. The second kappa shape index (κ2) is 11.0. The van der Waals surface area contributed by atoms with Crippen molar-refractivity contribution in [1.29, 1.82) is 0 Å². The first kappa shape index (κ1) is 27.3. The van der Waals surface area contributed by atoms with Crippen LogP contribution in [0.1, 0.15) is 51.2 Å². The molecule has 0 radical (unpaired) electrons. The maximum absolute atomic E-state index is 12.7. The molecule has 0 aliphatic carbocycles. The van der Waals surface area contributed by atoms with E-state index in [1.54, 1.807) is 32.9 Å². The van der Waals surface area contributed by atoms with E-state index in [2.05, 4.69) is 5.16 Å². The summed E-state index contributed by atoms with van der Waals surface area (Å²) in [5.74, 6) is 0.0513. The fourth-order valence-electron chi connectivity index (χ4n) is 4.95. The Bertz CT molecular complexity index is 1200. The van der Waals surface area contributed by atoms with Crippen LogP contribution >= 0.6 is 0 Å². The van der Waals surface area contributed by atoms with Gasteiger partial charge in [0.05, 0.1) is 16.7 Å². The largest absolute Gasteiger partial charge is 0.506 e. The summed E-state index contributed by atoms with van der Waals surface area (Å²) in [5.41, 5.74) is -0.989. The number of aryl methyl sites for hydroxylation is 1. The van der Waals surface area contributed by atoms with E-state index >= 15 is 0 Å². The molecule has 0 amide bonds. The molecule has 11 heteroatoms. The zero-order chi connectivity index (χ0) is 26.9. The number of aromatic hydroxyl groups is 1. The highest BCUT2D eigenvalue weighted by Crippen LogP contribution is 2.38. The topological polar surface area (TPSA) is 138 Å². The summed E-state index contributed by atoms with van der Waals surface area (Å²) in [6.45, 7) is 7.39. The van der Waals surface area contributed by atoms with Gasteiger partial charge in [-0.2, -0.15) is 0 Å². The van der Waals surface area contributed by atoms with Crippen LogP contribution in [0.25, 0.3) is 11.0 Å². The lowest BCUT2D eigenvalue weighted by Crippen LogP contribution is -2.65. The summed E-state index contributed by atoms with van der Waals surface area (Å²) in [5, 5.41) is 26.0. The Labute approximate surface area is 214 Å². The van der Waals surface area contributed by atoms with Gasteiger partial charge in [-0.3, -0.25) is 0 Å². The SMILES string of the molecule is CON=C(C)c1c(O)c2ccc(O[C@@H]3OC(C)(C)[C@H](OC)[C@H](O)[C@H]3OC3CCCCO3)c(C)c2oc1=O. The smallest absolute Gasteiger partial charge is 0.349 e. The van der Waals surface area contributed by atoms with Gasteiger partial charge >= 0.3 is 5.63 Å². The van der Waals surface area contributed by atoms with Crippen molar-refractivity contribution in [2.24, 2.45) is 5.16 Å².